The summed E-state index contributed by atoms with van der Waals surface area (Å²) in [5, 5.41) is 2.89. The van der Waals surface area contributed by atoms with E-state index in [1.807, 2.05) is 19.1 Å². The summed E-state index contributed by atoms with van der Waals surface area (Å²) < 4.78 is 39.1. The number of sulfonamides is 1. The molecule has 0 aromatic heterocycles. The van der Waals surface area contributed by atoms with E-state index in [0.29, 0.717) is 23.7 Å². The van der Waals surface area contributed by atoms with Gasteiger partial charge in [0, 0.05) is 19.2 Å². The van der Waals surface area contributed by atoms with Gasteiger partial charge in [-0.1, -0.05) is 42.0 Å². The monoisotopic (exact) mass is 537 g/mol. The number of benzene rings is 3. The molecule has 1 aliphatic rings. The van der Waals surface area contributed by atoms with Crippen LogP contribution in [0.2, 0.25) is 0 Å². The van der Waals surface area contributed by atoms with Crippen molar-refractivity contribution < 1.29 is 22.7 Å². The third kappa shape index (κ3) is 6.65. The molecule has 0 saturated carbocycles. The molecule has 0 aliphatic carbocycles. The van der Waals surface area contributed by atoms with Crippen molar-refractivity contribution in [2.24, 2.45) is 0 Å². The standard InChI is InChI=1S/C29H35N3O5S/c1-22-9-12-26(13-10-22)38(34,35)32(25-11-14-27(36-2)28(18-25)37-3)21-29(33)30-19-23-7-6-8-24(17-23)20-31-15-4-5-16-31/h6-14,17-18H,4-5,15-16,19-21H2,1-3H3,(H,30,33). The van der Waals surface area contributed by atoms with Gasteiger partial charge in [0.1, 0.15) is 6.54 Å². The molecule has 1 N–H and O–H groups in total. The lowest BCUT2D eigenvalue weighted by Gasteiger charge is -2.25. The van der Waals surface area contributed by atoms with E-state index < -0.39 is 15.9 Å². The number of carbonyl (C=O) groups is 1. The Hall–Kier alpha value is -3.56. The van der Waals surface area contributed by atoms with Gasteiger partial charge in [0.25, 0.3) is 10.0 Å². The summed E-state index contributed by atoms with van der Waals surface area (Å²) >= 11 is 0. The number of likely N-dealkylation sites (tertiary alicyclic amines) is 1. The summed E-state index contributed by atoms with van der Waals surface area (Å²) in [6.07, 6.45) is 2.47. The van der Waals surface area contributed by atoms with Crippen molar-refractivity contribution in [2.45, 2.75) is 37.8 Å². The van der Waals surface area contributed by atoms with Crippen LogP contribution in [0.3, 0.4) is 0 Å². The Labute approximate surface area is 225 Å². The summed E-state index contributed by atoms with van der Waals surface area (Å²) in [6.45, 7) is 4.92. The second-order valence-corrected chi connectivity index (χ2v) is 11.3. The molecule has 0 atom stereocenters. The maximum Gasteiger partial charge on any atom is 0.264 e. The highest BCUT2D eigenvalue weighted by molar-refractivity contribution is 7.92. The minimum absolute atomic E-state index is 0.0975. The SMILES string of the molecule is COc1ccc(N(CC(=O)NCc2cccc(CN3CCCC3)c2)S(=O)(=O)c2ccc(C)cc2)cc1OC. The van der Waals surface area contributed by atoms with E-state index in [4.69, 9.17) is 9.47 Å². The lowest BCUT2D eigenvalue weighted by atomic mass is 10.1. The van der Waals surface area contributed by atoms with Gasteiger partial charge >= 0.3 is 0 Å². The molecule has 3 aromatic rings. The Morgan fingerprint density at radius 2 is 1.61 bits per heavy atom. The van der Waals surface area contributed by atoms with Crippen LogP contribution in [-0.2, 0) is 27.9 Å². The highest BCUT2D eigenvalue weighted by Gasteiger charge is 2.28. The molecule has 4 rings (SSSR count). The molecule has 1 heterocycles. The van der Waals surface area contributed by atoms with Gasteiger partial charge in [-0.2, -0.15) is 0 Å². The van der Waals surface area contributed by atoms with Gasteiger partial charge in [-0.05, 0) is 68.2 Å². The molecule has 202 valence electrons. The van der Waals surface area contributed by atoms with E-state index in [0.717, 1.165) is 35.1 Å². The fraction of sp³-hybridized carbons (Fsp3) is 0.345. The normalized spacial score (nSPS) is 13.8. The minimum atomic E-state index is -4.04. The minimum Gasteiger partial charge on any atom is -0.493 e. The molecule has 0 radical (unpaired) electrons. The summed E-state index contributed by atoms with van der Waals surface area (Å²) in [5.74, 6) is 0.409. The topological polar surface area (TPSA) is 88.2 Å². The Morgan fingerprint density at radius 3 is 2.29 bits per heavy atom. The molecular formula is C29H35N3O5S. The first-order chi connectivity index (χ1) is 18.3. The zero-order valence-corrected chi connectivity index (χ0v) is 23.0. The largest absolute Gasteiger partial charge is 0.493 e. The van der Waals surface area contributed by atoms with Crippen LogP contribution in [0, 0.1) is 6.92 Å². The number of anilines is 1. The summed E-state index contributed by atoms with van der Waals surface area (Å²) in [5.41, 5.74) is 3.40. The van der Waals surface area contributed by atoms with Crippen LogP contribution >= 0.6 is 0 Å². The zero-order valence-electron chi connectivity index (χ0n) is 22.1. The molecular weight excluding hydrogens is 502 g/mol. The molecule has 8 nitrogen and oxygen atoms in total. The average Bonchev–Trinajstić information content (AvgIpc) is 3.43. The average molecular weight is 538 g/mol. The molecule has 1 aliphatic heterocycles. The van der Waals surface area contributed by atoms with E-state index in [9.17, 15) is 13.2 Å². The van der Waals surface area contributed by atoms with Crippen LogP contribution in [0.25, 0.3) is 0 Å². The third-order valence-electron chi connectivity index (χ3n) is 6.64. The first-order valence-corrected chi connectivity index (χ1v) is 14.1. The lowest BCUT2D eigenvalue weighted by Crippen LogP contribution is -2.40. The maximum atomic E-state index is 13.7. The van der Waals surface area contributed by atoms with Crippen molar-refractivity contribution in [2.75, 3.05) is 38.2 Å². The van der Waals surface area contributed by atoms with Crippen LogP contribution < -0.4 is 19.1 Å². The summed E-state index contributed by atoms with van der Waals surface area (Å²) in [6, 6.07) is 19.5. The Morgan fingerprint density at radius 1 is 0.921 bits per heavy atom. The van der Waals surface area contributed by atoms with Crippen LogP contribution in [-0.4, -0.2) is 53.1 Å². The summed E-state index contributed by atoms with van der Waals surface area (Å²) in [4.78, 5) is 15.6. The van der Waals surface area contributed by atoms with Crippen molar-refractivity contribution >= 4 is 21.6 Å². The molecule has 1 fully saturated rings. The predicted molar refractivity (Wildman–Crippen MR) is 148 cm³/mol. The number of methoxy groups -OCH3 is 2. The van der Waals surface area contributed by atoms with Gasteiger partial charge in [0.15, 0.2) is 11.5 Å². The fourth-order valence-corrected chi connectivity index (χ4v) is 5.97. The number of nitrogens with zero attached hydrogens (tertiary/aromatic N) is 2. The van der Waals surface area contributed by atoms with Gasteiger partial charge in [0.05, 0.1) is 24.8 Å². The van der Waals surface area contributed by atoms with Crippen molar-refractivity contribution in [3.63, 3.8) is 0 Å². The Kier molecular flexibility index (Phi) is 8.91. The number of rotatable bonds is 11. The van der Waals surface area contributed by atoms with E-state index in [1.165, 1.54) is 32.6 Å². The van der Waals surface area contributed by atoms with Crippen LogP contribution in [0.4, 0.5) is 5.69 Å². The molecule has 0 bridgehead atoms. The number of ether oxygens (including phenoxy) is 2. The fourth-order valence-electron chi connectivity index (χ4n) is 4.56. The second kappa shape index (κ2) is 12.3. The quantitative estimate of drug-likeness (QED) is 0.396. The number of aryl methyl sites for hydroxylation is 1. The van der Waals surface area contributed by atoms with Gasteiger partial charge < -0.3 is 14.8 Å². The molecule has 38 heavy (non-hydrogen) atoms. The van der Waals surface area contributed by atoms with Crippen molar-refractivity contribution in [3.8, 4) is 11.5 Å². The molecule has 0 spiro atoms. The van der Waals surface area contributed by atoms with E-state index >= 15 is 0 Å². The Bertz CT molecular complexity index is 1350. The second-order valence-electron chi connectivity index (χ2n) is 9.44. The molecule has 9 heteroatoms. The maximum absolute atomic E-state index is 13.7. The Balaban J connectivity index is 1.53. The lowest BCUT2D eigenvalue weighted by molar-refractivity contribution is -0.119. The summed E-state index contributed by atoms with van der Waals surface area (Å²) in [7, 11) is -1.06. The number of nitrogens with one attached hydrogen (secondary N) is 1. The van der Waals surface area contributed by atoms with Gasteiger partial charge in [0.2, 0.25) is 5.91 Å². The van der Waals surface area contributed by atoms with Crippen molar-refractivity contribution in [1.82, 2.24) is 10.2 Å². The first kappa shape index (κ1) is 27.5. The van der Waals surface area contributed by atoms with Gasteiger partial charge in [-0.3, -0.25) is 14.0 Å². The van der Waals surface area contributed by atoms with E-state index in [1.54, 1.807) is 42.5 Å². The first-order valence-electron chi connectivity index (χ1n) is 12.7. The third-order valence-corrected chi connectivity index (χ3v) is 8.43. The predicted octanol–water partition coefficient (Wildman–Crippen LogP) is 4.12. The van der Waals surface area contributed by atoms with Crippen LogP contribution in [0.5, 0.6) is 11.5 Å². The molecule has 3 aromatic carbocycles. The van der Waals surface area contributed by atoms with Gasteiger partial charge in [-0.15, -0.1) is 0 Å². The molecule has 1 amide bonds. The van der Waals surface area contributed by atoms with Crippen molar-refractivity contribution in [1.29, 1.82) is 0 Å². The van der Waals surface area contributed by atoms with E-state index in [2.05, 4.69) is 22.3 Å². The number of hydrogen-bond donors (Lipinski definition) is 1. The zero-order chi connectivity index (χ0) is 27.1. The van der Waals surface area contributed by atoms with E-state index in [-0.39, 0.29) is 11.4 Å². The van der Waals surface area contributed by atoms with Gasteiger partial charge in [-0.25, -0.2) is 8.42 Å². The smallest absolute Gasteiger partial charge is 0.264 e. The number of amides is 1. The highest BCUT2D eigenvalue weighted by atomic mass is 32.2. The highest BCUT2D eigenvalue weighted by Crippen LogP contribution is 2.33. The molecule has 1 saturated heterocycles. The van der Waals surface area contributed by atoms with Crippen LogP contribution in [0.1, 0.15) is 29.5 Å². The van der Waals surface area contributed by atoms with Crippen molar-refractivity contribution in [3.05, 3.63) is 83.4 Å². The number of hydrogen-bond acceptors (Lipinski definition) is 6. The molecule has 0 unspecified atom stereocenters. The number of carbonyl (C=O) groups excluding carboxylic acids is 1. The van der Waals surface area contributed by atoms with Crippen LogP contribution in [0.15, 0.2) is 71.6 Å².